The fourth-order valence-corrected chi connectivity index (χ4v) is 5.55. The predicted molar refractivity (Wildman–Crippen MR) is 126 cm³/mol. The number of aromatic nitrogens is 2. The lowest BCUT2D eigenvalue weighted by atomic mass is 9.97. The molecule has 0 aliphatic heterocycles. The second kappa shape index (κ2) is 6.93. The quantitative estimate of drug-likeness (QED) is 0.309. The Morgan fingerprint density at radius 3 is 2.45 bits per heavy atom. The van der Waals surface area contributed by atoms with Crippen LogP contribution in [-0.2, 0) is 0 Å². The van der Waals surface area contributed by atoms with Gasteiger partial charge in [-0.25, -0.2) is 0 Å². The molecule has 0 atom stereocenters. The molecule has 0 unspecified atom stereocenters. The van der Waals surface area contributed by atoms with E-state index in [0.717, 1.165) is 5.69 Å². The van der Waals surface area contributed by atoms with Crippen molar-refractivity contribution in [3.05, 3.63) is 72.2 Å². The molecule has 2 nitrogen and oxygen atoms in total. The van der Waals surface area contributed by atoms with Crippen molar-refractivity contribution in [2.75, 3.05) is 0 Å². The molecule has 0 saturated carbocycles. The zero-order chi connectivity index (χ0) is 20.1. The number of fused-ring (bicyclic) bond motifs is 4. The second-order valence-corrected chi connectivity index (χ2v) is 9.36. The van der Waals surface area contributed by atoms with Crippen LogP contribution in [0.5, 0.6) is 0 Å². The third kappa shape index (κ3) is 2.92. The molecule has 3 heterocycles. The number of hydrogen-bond acceptors (Lipinski definition) is 3. The Morgan fingerprint density at radius 1 is 0.793 bits per heavy atom. The highest BCUT2D eigenvalue weighted by Crippen LogP contribution is 2.43. The van der Waals surface area contributed by atoms with Gasteiger partial charge in [0, 0.05) is 49.7 Å². The summed E-state index contributed by atoms with van der Waals surface area (Å²) in [5, 5.41) is 4.99. The normalized spacial score (nSPS) is 12.1. The van der Waals surface area contributed by atoms with Gasteiger partial charge in [-0.15, -0.1) is 11.3 Å². The zero-order valence-electron chi connectivity index (χ0n) is 17.2. The Bertz CT molecular complexity index is 1360. The number of nitrogens with zero attached hydrogens (tertiary/aromatic N) is 2. The van der Waals surface area contributed by atoms with Gasteiger partial charge in [-0.05, 0) is 34.4 Å². The van der Waals surface area contributed by atoms with Crippen LogP contribution in [0.15, 0.2) is 61.1 Å². The summed E-state index contributed by atoms with van der Waals surface area (Å²) >= 11 is 1.87. The average molecular weight is 397 g/mol. The molecule has 0 aliphatic carbocycles. The van der Waals surface area contributed by atoms with Gasteiger partial charge < -0.3 is 0 Å². The summed E-state index contributed by atoms with van der Waals surface area (Å²) in [5.74, 6) is 0.969. The molecule has 3 heteroatoms. The van der Waals surface area contributed by atoms with Crippen molar-refractivity contribution < 1.29 is 0 Å². The van der Waals surface area contributed by atoms with Gasteiger partial charge >= 0.3 is 0 Å². The molecule has 0 aliphatic rings. The van der Waals surface area contributed by atoms with Crippen molar-refractivity contribution in [1.82, 2.24) is 9.97 Å². The minimum absolute atomic E-state index is 0.452. The van der Waals surface area contributed by atoms with Crippen LogP contribution in [0.25, 0.3) is 42.2 Å². The number of pyridine rings is 2. The Balaban J connectivity index is 1.82. The first-order valence-electron chi connectivity index (χ1n) is 10.2. The summed E-state index contributed by atoms with van der Waals surface area (Å²) in [7, 11) is 0. The van der Waals surface area contributed by atoms with Crippen LogP contribution >= 0.6 is 11.3 Å². The van der Waals surface area contributed by atoms with E-state index in [1.54, 1.807) is 0 Å². The molecule has 0 saturated heterocycles. The number of thiophene rings is 1. The van der Waals surface area contributed by atoms with Gasteiger partial charge in [0.1, 0.15) is 0 Å². The zero-order valence-corrected chi connectivity index (χ0v) is 18.0. The first-order chi connectivity index (χ1) is 14.0. The molecule has 0 radical (unpaired) electrons. The molecule has 0 amide bonds. The molecule has 5 rings (SSSR count). The van der Waals surface area contributed by atoms with Crippen molar-refractivity contribution in [2.45, 2.75) is 39.5 Å². The van der Waals surface area contributed by atoms with Crippen LogP contribution in [0, 0.1) is 0 Å². The van der Waals surface area contributed by atoms with Crippen molar-refractivity contribution in [3.8, 4) is 11.3 Å². The summed E-state index contributed by atoms with van der Waals surface area (Å²) in [5.41, 5.74) is 4.96. The van der Waals surface area contributed by atoms with Crippen LogP contribution < -0.4 is 0 Å². The first-order valence-corrected chi connectivity index (χ1v) is 11.0. The Kier molecular flexibility index (Phi) is 4.36. The lowest BCUT2D eigenvalue weighted by Gasteiger charge is -2.10. The molecule has 0 spiro atoms. The van der Waals surface area contributed by atoms with Crippen molar-refractivity contribution in [3.63, 3.8) is 0 Å². The minimum atomic E-state index is 0.452. The lowest BCUT2D eigenvalue weighted by molar-refractivity contribution is 0.869. The lowest BCUT2D eigenvalue weighted by Crippen LogP contribution is -1.90. The van der Waals surface area contributed by atoms with Gasteiger partial charge in [0.2, 0.25) is 0 Å². The van der Waals surface area contributed by atoms with Gasteiger partial charge in [0.05, 0.1) is 5.69 Å². The van der Waals surface area contributed by atoms with E-state index in [1.807, 2.05) is 29.9 Å². The van der Waals surface area contributed by atoms with Gasteiger partial charge in [-0.2, -0.15) is 0 Å². The fraction of sp³-hybridized carbons (Fsp3) is 0.231. The monoisotopic (exact) mass is 396 g/mol. The van der Waals surface area contributed by atoms with Crippen LogP contribution in [-0.4, -0.2) is 9.97 Å². The summed E-state index contributed by atoms with van der Waals surface area (Å²) < 4.78 is 2.64. The third-order valence-corrected chi connectivity index (χ3v) is 7.07. The molecule has 3 aromatic heterocycles. The molecule has 2 aromatic carbocycles. The third-order valence-electron chi connectivity index (χ3n) is 5.77. The van der Waals surface area contributed by atoms with Gasteiger partial charge in [0.25, 0.3) is 0 Å². The van der Waals surface area contributed by atoms with Crippen LogP contribution in [0.3, 0.4) is 0 Å². The van der Waals surface area contributed by atoms with Gasteiger partial charge in [0.15, 0.2) is 0 Å². The maximum absolute atomic E-state index is 4.82. The highest BCUT2D eigenvalue weighted by Gasteiger charge is 2.16. The summed E-state index contributed by atoms with van der Waals surface area (Å²) in [6, 6.07) is 15.5. The van der Waals surface area contributed by atoms with Gasteiger partial charge in [-0.1, -0.05) is 64.1 Å². The van der Waals surface area contributed by atoms with Crippen LogP contribution in [0.4, 0.5) is 0 Å². The Labute approximate surface area is 175 Å². The Hall–Kier alpha value is -2.78. The summed E-state index contributed by atoms with van der Waals surface area (Å²) in [6.07, 6.45) is 5.97. The standard InChI is InChI=1S/C26H24N2S/c1-15(2)17-8-9-19-18(12-17)10-11-28-24(19)21-7-5-6-20-23-14-27-13-22(16(3)4)26(23)29-25(20)21/h5-16H,1-4H3. The molecular formula is C26H24N2S. The first kappa shape index (κ1) is 18.3. The molecule has 29 heavy (non-hydrogen) atoms. The molecule has 5 aromatic rings. The predicted octanol–water partition coefficient (Wildman–Crippen LogP) is 7.91. The number of hydrogen-bond donors (Lipinski definition) is 0. The second-order valence-electron chi connectivity index (χ2n) is 8.34. The number of benzene rings is 2. The van der Waals surface area contributed by atoms with E-state index in [4.69, 9.17) is 4.98 Å². The SMILES string of the molecule is CC(C)c1ccc2c(-c3cccc4c3sc3c(C(C)C)cncc34)nccc2c1. The molecule has 0 fully saturated rings. The smallest absolute Gasteiger partial charge is 0.0794 e. The maximum Gasteiger partial charge on any atom is 0.0794 e. The summed E-state index contributed by atoms with van der Waals surface area (Å²) in [4.78, 5) is 9.35. The van der Waals surface area contributed by atoms with Crippen molar-refractivity contribution in [2.24, 2.45) is 0 Å². The van der Waals surface area contributed by atoms with E-state index in [1.165, 1.54) is 47.6 Å². The van der Waals surface area contributed by atoms with E-state index >= 15 is 0 Å². The van der Waals surface area contributed by atoms with Crippen LogP contribution in [0.2, 0.25) is 0 Å². The highest BCUT2D eigenvalue weighted by atomic mass is 32.1. The van der Waals surface area contributed by atoms with E-state index in [0.29, 0.717) is 11.8 Å². The summed E-state index contributed by atoms with van der Waals surface area (Å²) in [6.45, 7) is 8.95. The Morgan fingerprint density at radius 2 is 1.66 bits per heavy atom. The average Bonchev–Trinajstić information content (AvgIpc) is 3.11. The molecule has 0 bridgehead atoms. The van der Waals surface area contributed by atoms with Crippen LogP contribution in [0.1, 0.15) is 50.7 Å². The topological polar surface area (TPSA) is 25.8 Å². The fourth-order valence-electron chi connectivity index (χ4n) is 4.10. The largest absolute Gasteiger partial charge is 0.264 e. The van der Waals surface area contributed by atoms with Crippen molar-refractivity contribution >= 4 is 42.3 Å². The number of rotatable bonds is 3. The van der Waals surface area contributed by atoms with Crippen molar-refractivity contribution in [1.29, 1.82) is 0 Å². The van der Waals surface area contributed by atoms with E-state index < -0.39 is 0 Å². The molecule has 144 valence electrons. The van der Waals surface area contributed by atoms with E-state index in [9.17, 15) is 0 Å². The van der Waals surface area contributed by atoms with E-state index in [2.05, 4.69) is 75.1 Å². The highest BCUT2D eigenvalue weighted by molar-refractivity contribution is 7.26. The van der Waals surface area contributed by atoms with Gasteiger partial charge in [-0.3, -0.25) is 9.97 Å². The minimum Gasteiger partial charge on any atom is -0.264 e. The molecule has 0 N–H and O–H groups in total. The molecular weight excluding hydrogens is 372 g/mol. The maximum atomic E-state index is 4.82. The van der Waals surface area contributed by atoms with E-state index in [-0.39, 0.29) is 0 Å².